The minimum absolute atomic E-state index is 0.0599. The Bertz CT molecular complexity index is 525. The van der Waals surface area contributed by atoms with Crippen LogP contribution < -0.4 is 5.32 Å². The molecule has 1 aromatic rings. The SMILES string of the molecule is C#CCC(NC(=O)c1ccc(F)c(Cl)c1)C(=O)O. The van der Waals surface area contributed by atoms with Gasteiger partial charge in [-0.05, 0) is 18.2 Å². The lowest BCUT2D eigenvalue weighted by atomic mass is 10.1. The van der Waals surface area contributed by atoms with Gasteiger partial charge < -0.3 is 10.4 Å². The highest BCUT2D eigenvalue weighted by Crippen LogP contribution is 2.16. The molecule has 0 aromatic heterocycles. The number of carbonyl (C=O) groups excluding carboxylic acids is 1. The molecule has 2 N–H and O–H groups in total. The summed E-state index contributed by atoms with van der Waals surface area (Å²) in [6, 6.07) is 2.15. The molecule has 1 unspecified atom stereocenters. The standard InChI is InChI=1S/C12H9ClFNO3/c1-2-3-10(12(17)18)15-11(16)7-4-5-9(14)8(13)6-7/h1,4-6,10H,3H2,(H,15,16)(H,17,18). The lowest BCUT2D eigenvalue weighted by Gasteiger charge is -2.11. The highest BCUT2D eigenvalue weighted by atomic mass is 35.5. The zero-order chi connectivity index (χ0) is 13.7. The Kier molecular flexibility index (Phi) is 4.69. The van der Waals surface area contributed by atoms with Crippen molar-refractivity contribution in [3.05, 3.63) is 34.6 Å². The number of rotatable bonds is 4. The zero-order valence-electron chi connectivity index (χ0n) is 9.11. The van der Waals surface area contributed by atoms with Gasteiger partial charge in [0.2, 0.25) is 0 Å². The summed E-state index contributed by atoms with van der Waals surface area (Å²) in [5, 5.41) is 10.8. The first kappa shape index (κ1) is 14.0. The minimum Gasteiger partial charge on any atom is -0.480 e. The summed E-state index contributed by atoms with van der Waals surface area (Å²) in [4.78, 5) is 22.5. The number of benzene rings is 1. The van der Waals surface area contributed by atoms with Gasteiger partial charge in [0.15, 0.2) is 0 Å². The predicted molar refractivity (Wildman–Crippen MR) is 63.8 cm³/mol. The predicted octanol–water partition coefficient (Wildman–Crippen LogP) is 1.69. The molecule has 0 bridgehead atoms. The molecule has 4 nitrogen and oxygen atoms in total. The Hall–Kier alpha value is -2.06. The number of carboxylic acid groups (broad SMARTS) is 1. The third-order valence-electron chi connectivity index (χ3n) is 2.11. The van der Waals surface area contributed by atoms with Gasteiger partial charge in [0.1, 0.15) is 11.9 Å². The Morgan fingerprint density at radius 3 is 2.72 bits per heavy atom. The molecule has 0 saturated heterocycles. The van der Waals surface area contributed by atoms with Crippen molar-refractivity contribution in [2.24, 2.45) is 0 Å². The number of halogens is 2. The van der Waals surface area contributed by atoms with E-state index < -0.39 is 23.7 Å². The highest BCUT2D eigenvalue weighted by molar-refractivity contribution is 6.31. The molecule has 0 fully saturated rings. The topological polar surface area (TPSA) is 66.4 Å². The van der Waals surface area contributed by atoms with E-state index in [9.17, 15) is 14.0 Å². The number of terminal acetylenes is 1. The van der Waals surface area contributed by atoms with E-state index in [1.165, 1.54) is 6.07 Å². The number of hydrogen-bond donors (Lipinski definition) is 2. The number of hydrogen-bond acceptors (Lipinski definition) is 2. The van der Waals surface area contributed by atoms with Crippen LogP contribution in [0.1, 0.15) is 16.8 Å². The first-order valence-electron chi connectivity index (χ1n) is 4.88. The van der Waals surface area contributed by atoms with Crippen molar-refractivity contribution in [2.45, 2.75) is 12.5 Å². The van der Waals surface area contributed by atoms with Crippen LogP contribution in [0.4, 0.5) is 4.39 Å². The van der Waals surface area contributed by atoms with Crippen LogP contribution in [0.2, 0.25) is 5.02 Å². The molecule has 0 aliphatic carbocycles. The first-order chi connectivity index (χ1) is 8.45. The van der Waals surface area contributed by atoms with E-state index in [1.807, 2.05) is 0 Å². The number of aliphatic carboxylic acids is 1. The molecule has 0 aliphatic rings. The van der Waals surface area contributed by atoms with Gasteiger partial charge in [-0.15, -0.1) is 12.3 Å². The maximum Gasteiger partial charge on any atom is 0.327 e. The number of carbonyl (C=O) groups is 2. The van der Waals surface area contributed by atoms with Gasteiger partial charge in [0.25, 0.3) is 5.91 Å². The maximum absolute atomic E-state index is 12.9. The second-order valence-corrected chi connectivity index (χ2v) is 3.81. The smallest absolute Gasteiger partial charge is 0.327 e. The lowest BCUT2D eigenvalue weighted by Crippen LogP contribution is -2.40. The third kappa shape index (κ3) is 3.47. The molecule has 1 rings (SSSR count). The van der Waals surface area contributed by atoms with E-state index in [0.717, 1.165) is 12.1 Å². The maximum atomic E-state index is 12.9. The summed E-state index contributed by atoms with van der Waals surface area (Å²) in [5.41, 5.74) is 0.0599. The van der Waals surface area contributed by atoms with Crippen LogP contribution in [0.25, 0.3) is 0 Å². The van der Waals surface area contributed by atoms with Gasteiger partial charge in [0.05, 0.1) is 5.02 Å². The van der Waals surface area contributed by atoms with Crippen molar-refractivity contribution >= 4 is 23.5 Å². The highest BCUT2D eigenvalue weighted by Gasteiger charge is 2.19. The molecule has 0 spiro atoms. The summed E-state index contributed by atoms with van der Waals surface area (Å²) in [6.07, 6.45) is 4.85. The summed E-state index contributed by atoms with van der Waals surface area (Å²) in [6.45, 7) is 0. The lowest BCUT2D eigenvalue weighted by molar-refractivity contribution is -0.139. The van der Waals surface area contributed by atoms with Crippen molar-refractivity contribution in [3.63, 3.8) is 0 Å². The fourth-order valence-electron chi connectivity index (χ4n) is 1.20. The molecule has 0 heterocycles. The van der Waals surface area contributed by atoms with Crippen LogP contribution in [0.3, 0.4) is 0 Å². The summed E-state index contributed by atoms with van der Waals surface area (Å²) in [5.74, 6) is -0.438. The van der Waals surface area contributed by atoms with E-state index >= 15 is 0 Å². The van der Waals surface area contributed by atoms with E-state index in [0.29, 0.717) is 0 Å². The Labute approximate surface area is 108 Å². The summed E-state index contributed by atoms with van der Waals surface area (Å²) < 4.78 is 12.9. The van der Waals surface area contributed by atoms with Gasteiger partial charge in [0, 0.05) is 12.0 Å². The fraction of sp³-hybridized carbons (Fsp3) is 0.167. The Morgan fingerprint density at radius 2 is 2.22 bits per heavy atom. The van der Waals surface area contributed by atoms with Crippen molar-refractivity contribution in [3.8, 4) is 12.3 Å². The van der Waals surface area contributed by atoms with Crippen molar-refractivity contribution < 1.29 is 19.1 Å². The third-order valence-corrected chi connectivity index (χ3v) is 2.40. The van der Waals surface area contributed by atoms with Gasteiger partial charge >= 0.3 is 5.97 Å². The van der Waals surface area contributed by atoms with Gasteiger partial charge in [-0.3, -0.25) is 4.79 Å². The van der Waals surface area contributed by atoms with Crippen LogP contribution >= 0.6 is 11.6 Å². The van der Waals surface area contributed by atoms with E-state index in [-0.39, 0.29) is 17.0 Å². The van der Waals surface area contributed by atoms with Gasteiger partial charge in [-0.2, -0.15) is 0 Å². The molecule has 94 valence electrons. The summed E-state index contributed by atoms with van der Waals surface area (Å²) >= 11 is 5.51. The first-order valence-corrected chi connectivity index (χ1v) is 5.25. The van der Waals surface area contributed by atoms with Crippen LogP contribution in [-0.4, -0.2) is 23.0 Å². The summed E-state index contributed by atoms with van der Waals surface area (Å²) in [7, 11) is 0. The van der Waals surface area contributed by atoms with E-state index in [1.54, 1.807) is 0 Å². The molecule has 0 saturated carbocycles. The molecule has 6 heteroatoms. The molecular formula is C12H9ClFNO3. The van der Waals surface area contributed by atoms with E-state index in [2.05, 4.69) is 11.2 Å². The van der Waals surface area contributed by atoms with Crippen molar-refractivity contribution in [1.29, 1.82) is 0 Å². The van der Waals surface area contributed by atoms with E-state index in [4.69, 9.17) is 23.1 Å². The normalized spacial score (nSPS) is 11.4. The molecule has 0 radical (unpaired) electrons. The number of carboxylic acids is 1. The molecule has 1 aromatic carbocycles. The second kappa shape index (κ2) is 6.03. The largest absolute Gasteiger partial charge is 0.480 e. The van der Waals surface area contributed by atoms with Crippen molar-refractivity contribution in [1.82, 2.24) is 5.32 Å². The Balaban J connectivity index is 2.84. The second-order valence-electron chi connectivity index (χ2n) is 3.40. The van der Waals surface area contributed by atoms with Crippen LogP contribution in [0, 0.1) is 18.2 Å². The molecule has 18 heavy (non-hydrogen) atoms. The molecule has 1 amide bonds. The average Bonchev–Trinajstić information content (AvgIpc) is 2.31. The number of nitrogens with one attached hydrogen (secondary N) is 1. The molecule has 1 atom stereocenters. The average molecular weight is 270 g/mol. The van der Waals surface area contributed by atoms with Gasteiger partial charge in [-0.1, -0.05) is 11.6 Å². The van der Waals surface area contributed by atoms with Crippen LogP contribution in [0.15, 0.2) is 18.2 Å². The van der Waals surface area contributed by atoms with Gasteiger partial charge in [-0.25, -0.2) is 9.18 Å². The number of amides is 1. The monoisotopic (exact) mass is 269 g/mol. The minimum atomic E-state index is -1.24. The molecular weight excluding hydrogens is 261 g/mol. The van der Waals surface area contributed by atoms with Crippen LogP contribution in [-0.2, 0) is 4.79 Å². The quantitative estimate of drug-likeness (QED) is 0.818. The Morgan fingerprint density at radius 1 is 1.56 bits per heavy atom. The van der Waals surface area contributed by atoms with Crippen molar-refractivity contribution in [2.75, 3.05) is 0 Å². The fourth-order valence-corrected chi connectivity index (χ4v) is 1.38. The van der Waals surface area contributed by atoms with Crippen LogP contribution in [0.5, 0.6) is 0 Å². The zero-order valence-corrected chi connectivity index (χ0v) is 9.87. The molecule has 0 aliphatic heterocycles.